The summed E-state index contributed by atoms with van der Waals surface area (Å²) in [6.07, 6.45) is 2.46. The second-order valence-electron chi connectivity index (χ2n) is 4.61. The number of nitrogens with one attached hydrogen (secondary N) is 2. The summed E-state index contributed by atoms with van der Waals surface area (Å²) in [5.41, 5.74) is 2.34. The van der Waals surface area contributed by atoms with Crippen molar-refractivity contribution in [1.82, 2.24) is 15.3 Å². The molecule has 0 saturated heterocycles. The van der Waals surface area contributed by atoms with Crippen LogP contribution in [0, 0.1) is 6.92 Å². The normalized spacial score (nSPS) is 10.2. The van der Waals surface area contributed by atoms with Crippen LogP contribution in [0.25, 0.3) is 0 Å². The molecule has 0 aliphatic heterocycles. The third kappa shape index (κ3) is 4.26. The molecule has 5 nitrogen and oxygen atoms in total. The summed E-state index contributed by atoms with van der Waals surface area (Å²) in [7, 11) is 0. The number of nitrogens with zero attached hydrogens (tertiary/aromatic N) is 2. The van der Waals surface area contributed by atoms with E-state index >= 15 is 0 Å². The van der Waals surface area contributed by atoms with E-state index in [2.05, 4.69) is 36.5 Å². The van der Waals surface area contributed by atoms with Crippen LogP contribution in [0.1, 0.15) is 29.4 Å². The fourth-order valence-electron chi connectivity index (χ4n) is 1.73. The molecule has 2 rings (SSSR count). The molecule has 110 valence electrons. The van der Waals surface area contributed by atoms with Gasteiger partial charge in [-0.1, -0.05) is 22.9 Å². The minimum Gasteiger partial charge on any atom is -0.351 e. The monoisotopic (exact) mass is 348 g/mol. The van der Waals surface area contributed by atoms with Crippen molar-refractivity contribution in [1.29, 1.82) is 0 Å². The Labute approximate surface area is 132 Å². The third-order valence-electron chi connectivity index (χ3n) is 2.84. The average Bonchev–Trinajstić information content (AvgIpc) is 2.49. The lowest BCUT2D eigenvalue weighted by molar-refractivity contribution is 0.0948. The SMILES string of the molecule is CCCNC(=O)c1ccnc(Nc2ccc(Br)c(C)c2)n1. The molecule has 0 fully saturated rings. The van der Waals surface area contributed by atoms with Crippen LogP contribution in [-0.4, -0.2) is 22.4 Å². The van der Waals surface area contributed by atoms with Gasteiger partial charge in [-0.2, -0.15) is 0 Å². The predicted molar refractivity (Wildman–Crippen MR) is 86.8 cm³/mol. The molecule has 1 heterocycles. The molecule has 0 radical (unpaired) electrons. The van der Waals surface area contributed by atoms with Crippen molar-refractivity contribution in [2.24, 2.45) is 0 Å². The van der Waals surface area contributed by atoms with E-state index in [0.717, 1.165) is 22.1 Å². The van der Waals surface area contributed by atoms with Gasteiger partial charge in [0.1, 0.15) is 5.69 Å². The average molecular weight is 349 g/mol. The lowest BCUT2D eigenvalue weighted by Crippen LogP contribution is -2.25. The maximum absolute atomic E-state index is 11.9. The zero-order valence-electron chi connectivity index (χ0n) is 12.0. The lowest BCUT2D eigenvalue weighted by Gasteiger charge is -2.08. The van der Waals surface area contributed by atoms with Gasteiger partial charge in [0.2, 0.25) is 5.95 Å². The van der Waals surface area contributed by atoms with Crippen LogP contribution in [-0.2, 0) is 0 Å². The second-order valence-corrected chi connectivity index (χ2v) is 5.46. The van der Waals surface area contributed by atoms with Gasteiger partial charge >= 0.3 is 0 Å². The number of rotatable bonds is 5. The Morgan fingerprint density at radius 3 is 2.86 bits per heavy atom. The van der Waals surface area contributed by atoms with E-state index in [1.807, 2.05) is 32.0 Å². The first-order chi connectivity index (χ1) is 10.1. The van der Waals surface area contributed by atoms with Crippen LogP contribution in [0.2, 0.25) is 0 Å². The smallest absolute Gasteiger partial charge is 0.270 e. The van der Waals surface area contributed by atoms with Crippen molar-refractivity contribution in [3.8, 4) is 0 Å². The van der Waals surface area contributed by atoms with Crippen LogP contribution in [0.15, 0.2) is 34.9 Å². The molecule has 21 heavy (non-hydrogen) atoms. The Morgan fingerprint density at radius 1 is 1.33 bits per heavy atom. The number of aryl methyl sites for hydroxylation is 1. The van der Waals surface area contributed by atoms with Crippen LogP contribution < -0.4 is 10.6 Å². The fourth-order valence-corrected chi connectivity index (χ4v) is 1.97. The summed E-state index contributed by atoms with van der Waals surface area (Å²) in [5, 5.41) is 5.89. The van der Waals surface area contributed by atoms with Gasteiger partial charge in [-0.3, -0.25) is 4.79 Å². The van der Waals surface area contributed by atoms with E-state index in [1.165, 1.54) is 0 Å². The van der Waals surface area contributed by atoms with Crippen molar-refractivity contribution in [3.05, 3.63) is 46.2 Å². The second kappa shape index (κ2) is 7.17. The van der Waals surface area contributed by atoms with E-state index in [1.54, 1.807) is 12.3 Å². The fraction of sp³-hybridized carbons (Fsp3) is 0.267. The molecule has 0 unspecified atom stereocenters. The van der Waals surface area contributed by atoms with Gasteiger partial charge in [0, 0.05) is 22.9 Å². The molecule has 2 N–H and O–H groups in total. The van der Waals surface area contributed by atoms with Gasteiger partial charge in [-0.25, -0.2) is 9.97 Å². The van der Waals surface area contributed by atoms with Crippen molar-refractivity contribution >= 4 is 33.5 Å². The number of aromatic nitrogens is 2. The van der Waals surface area contributed by atoms with Crippen LogP contribution >= 0.6 is 15.9 Å². The Morgan fingerprint density at radius 2 is 2.14 bits per heavy atom. The number of carbonyl (C=O) groups excluding carboxylic acids is 1. The predicted octanol–water partition coefficient (Wildman–Crippen LogP) is 3.43. The highest BCUT2D eigenvalue weighted by atomic mass is 79.9. The number of benzene rings is 1. The van der Waals surface area contributed by atoms with Crippen LogP contribution in [0.3, 0.4) is 0 Å². The van der Waals surface area contributed by atoms with E-state index in [4.69, 9.17) is 0 Å². The zero-order chi connectivity index (χ0) is 15.2. The van der Waals surface area contributed by atoms with Crippen molar-refractivity contribution in [3.63, 3.8) is 0 Å². The highest BCUT2D eigenvalue weighted by Gasteiger charge is 2.08. The summed E-state index contributed by atoms with van der Waals surface area (Å²) < 4.78 is 1.04. The van der Waals surface area contributed by atoms with Gasteiger partial charge in [0.15, 0.2) is 0 Å². The van der Waals surface area contributed by atoms with Crippen molar-refractivity contribution in [2.75, 3.05) is 11.9 Å². The van der Waals surface area contributed by atoms with Crippen molar-refractivity contribution in [2.45, 2.75) is 20.3 Å². The van der Waals surface area contributed by atoms with E-state index < -0.39 is 0 Å². The number of carbonyl (C=O) groups is 1. The van der Waals surface area contributed by atoms with Crippen LogP contribution in [0.4, 0.5) is 11.6 Å². The first kappa shape index (κ1) is 15.4. The Kier molecular flexibility index (Phi) is 5.27. The third-order valence-corrected chi connectivity index (χ3v) is 3.73. The summed E-state index contributed by atoms with van der Waals surface area (Å²) in [5.74, 6) is 0.218. The Balaban J connectivity index is 2.13. The Hall–Kier alpha value is -1.95. The molecule has 2 aromatic rings. The summed E-state index contributed by atoms with van der Waals surface area (Å²) >= 11 is 3.46. The van der Waals surface area contributed by atoms with E-state index in [-0.39, 0.29) is 5.91 Å². The van der Waals surface area contributed by atoms with Gasteiger partial charge in [0.05, 0.1) is 0 Å². The molecule has 0 saturated carbocycles. The molecule has 6 heteroatoms. The molecular weight excluding hydrogens is 332 g/mol. The maximum Gasteiger partial charge on any atom is 0.270 e. The highest BCUT2D eigenvalue weighted by Crippen LogP contribution is 2.21. The first-order valence-electron chi connectivity index (χ1n) is 6.74. The van der Waals surface area contributed by atoms with Gasteiger partial charge in [0.25, 0.3) is 5.91 Å². The minimum atomic E-state index is -0.186. The standard InChI is InChI=1S/C15H17BrN4O/c1-3-7-17-14(21)13-6-8-18-15(20-13)19-11-4-5-12(16)10(2)9-11/h4-6,8-9H,3,7H2,1-2H3,(H,17,21)(H,18,19,20). The van der Waals surface area contributed by atoms with Crippen molar-refractivity contribution < 1.29 is 4.79 Å². The maximum atomic E-state index is 11.9. The van der Waals surface area contributed by atoms with Gasteiger partial charge in [-0.15, -0.1) is 0 Å². The molecule has 1 aromatic carbocycles. The molecule has 1 amide bonds. The number of hydrogen-bond acceptors (Lipinski definition) is 4. The van der Waals surface area contributed by atoms with Gasteiger partial charge in [-0.05, 0) is 43.2 Å². The largest absolute Gasteiger partial charge is 0.351 e. The molecule has 0 aliphatic carbocycles. The van der Waals surface area contributed by atoms with E-state index in [0.29, 0.717) is 18.2 Å². The molecular formula is C15H17BrN4O. The lowest BCUT2D eigenvalue weighted by atomic mass is 10.2. The first-order valence-corrected chi connectivity index (χ1v) is 7.54. The van der Waals surface area contributed by atoms with E-state index in [9.17, 15) is 4.79 Å². The number of anilines is 2. The summed E-state index contributed by atoms with van der Waals surface area (Å²) in [6, 6.07) is 7.46. The van der Waals surface area contributed by atoms with Crippen LogP contribution in [0.5, 0.6) is 0 Å². The molecule has 0 atom stereocenters. The van der Waals surface area contributed by atoms with Gasteiger partial charge < -0.3 is 10.6 Å². The molecule has 0 aliphatic rings. The quantitative estimate of drug-likeness (QED) is 0.868. The molecule has 0 spiro atoms. The zero-order valence-corrected chi connectivity index (χ0v) is 13.6. The minimum absolute atomic E-state index is 0.186. The Bertz CT molecular complexity index is 645. The molecule has 0 bridgehead atoms. The summed E-state index contributed by atoms with van der Waals surface area (Å²) in [4.78, 5) is 20.2. The summed E-state index contributed by atoms with van der Waals surface area (Å²) in [6.45, 7) is 4.64. The molecule has 1 aromatic heterocycles. The number of hydrogen-bond donors (Lipinski definition) is 2. The number of halogens is 1. The topological polar surface area (TPSA) is 66.9 Å². The highest BCUT2D eigenvalue weighted by molar-refractivity contribution is 9.10. The number of amides is 1.